The molecule has 0 aromatic carbocycles. The first kappa shape index (κ1) is 15.5. The summed E-state index contributed by atoms with van der Waals surface area (Å²) in [5.74, 6) is -1.28. The first-order valence-corrected chi connectivity index (χ1v) is 6.74. The zero-order chi connectivity index (χ0) is 12.8. The number of carbonyl (C=O) groups excluding carboxylic acids is 1. The minimum Gasteiger partial charge on any atom is -0.367 e. The third-order valence-electron chi connectivity index (χ3n) is 1.68. The highest BCUT2D eigenvalue weighted by atomic mass is 31.2. The smallest absolute Gasteiger partial charge is 0.258 e. The minimum absolute atomic E-state index is 0.142. The summed E-state index contributed by atoms with van der Waals surface area (Å²) in [5.41, 5.74) is 4.66. The van der Waals surface area contributed by atoms with Crippen LogP contribution in [0.1, 0.15) is 13.8 Å². The number of hydrogen-bond donors (Lipinski definition) is 2. The molecule has 16 heavy (non-hydrogen) atoms. The maximum absolute atomic E-state index is 12.9. The molecule has 0 spiro atoms. The first-order valence-electron chi connectivity index (χ1n) is 4.83. The van der Waals surface area contributed by atoms with Gasteiger partial charge in [0.25, 0.3) is 13.3 Å². The molecule has 0 heterocycles. The lowest BCUT2D eigenvalue weighted by atomic mass is 10.4. The second-order valence-corrected chi connectivity index (χ2v) is 5.32. The Labute approximate surface area is 93.4 Å². The molecule has 96 valence electrons. The number of amides is 1. The number of ether oxygens (including phenoxy) is 2. The molecule has 0 fully saturated rings. The van der Waals surface area contributed by atoms with Crippen LogP contribution in [0.5, 0.6) is 0 Å². The standard InChI is InChI=1S/C8H17FNO5P/c1-3-14-8(15-4-2)16(12,13)5-6(9)7(10)11/h6,8H,3-5H2,1-2H3,(H2,10,11)(H,12,13). The summed E-state index contributed by atoms with van der Waals surface area (Å²) in [6, 6.07) is -1.42. The van der Waals surface area contributed by atoms with Crippen LogP contribution in [0.25, 0.3) is 0 Å². The van der Waals surface area contributed by atoms with Gasteiger partial charge in [0.2, 0.25) is 6.03 Å². The highest BCUT2D eigenvalue weighted by Gasteiger charge is 2.37. The zero-order valence-corrected chi connectivity index (χ0v) is 10.2. The van der Waals surface area contributed by atoms with E-state index in [-0.39, 0.29) is 13.2 Å². The number of rotatable bonds is 8. The molecule has 8 heteroatoms. The number of hydrogen-bond acceptors (Lipinski definition) is 4. The first-order chi connectivity index (χ1) is 7.35. The number of halogens is 1. The van der Waals surface area contributed by atoms with Crippen LogP contribution in [0.2, 0.25) is 0 Å². The van der Waals surface area contributed by atoms with Crippen LogP contribution in [0.3, 0.4) is 0 Å². The summed E-state index contributed by atoms with van der Waals surface area (Å²) in [7, 11) is -4.07. The van der Waals surface area contributed by atoms with Gasteiger partial charge < -0.3 is 20.1 Å². The van der Waals surface area contributed by atoms with Crippen molar-refractivity contribution in [2.75, 3.05) is 19.4 Å². The summed E-state index contributed by atoms with van der Waals surface area (Å²) in [6.45, 7) is 3.49. The van der Waals surface area contributed by atoms with Gasteiger partial charge in [0.1, 0.15) is 0 Å². The number of carbonyl (C=O) groups is 1. The van der Waals surface area contributed by atoms with E-state index in [0.717, 1.165) is 0 Å². The minimum atomic E-state index is -4.07. The van der Waals surface area contributed by atoms with Gasteiger partial charge in [0.05, 0.1) is 6.16 Å². The van der Waals surface area contributed by atoms with E-state index >= 15 is 0 Å². The molecule has 6 nitrogen and oxygen atoms in total. The van der Waals surface area contributed by atoms with Gasteiger partial charge in [-0.25, -0.2) is 4.39 Å². The molecule has 2 atom stereocenters. The average Bonchev–Trinajstić information content (AvgIpc) is 2.16. The van der Waals surface area contributed by atoms with E-state index in [9.17, 15) is 18.6 Å². The van der Waals surface area contributed by atoms with Crippen molar-refractivity contribution in [1.29, 1.82) is 0 Å². The Morgan fingerprint density at radius 2 is 1.88 bits per heavy atom. The summed E-state index contributed by atoms with van der Waals surface area (Å²) in [6.07, 6.45) is -3.08. The zero-order valence-electron chi connectivity index (χ0n) is 9.26. The number of nitrogens with two attached hydrogens (primary N) is 1. The Bertz CT molecular complexity index is 269. The molecule has 0 radical (unpaired) electrons. The Kier molecular flexibility index (Phi) is 6.74. The third-order valence-corrected chi connectivity index (χ3v) is 3.48. The molecular formula is C8H17FNO5P. The van der Waals surface area contributed by atoms with Gasteiger partial charge in [-0.2, -0.15) is 0 Å². The number of alkyl halides is 1. The van der Waals surface area contributed by atoms with Crippen molar-refractivity contribution in [2.24, 2.45) is 5.73 Å². The van der Waals surface area contributed by atoms with Gasteiger partial charge in [-0.1, -0.05) is 0 Å². The predicted octanol–water partition coefficient (Wildman–Crippen LogP) is 0.437. The second kappa shape index (κ2) is 6.96. The van der Waals surface area contributed by atoms with E-state index < -0.39 is 31.6 Å². The van der Waals surface area contributed by atoms with Gasteiger partial charge in [0, 0.05) is 13.2 Å². The second-order valence-electron chi connectivity index (χ2n) is 3.03. The Balaban J connectivity index is 4.57. The summed E-state index contributed by atoms with van der Waals surface area (Å²) in [4.78, 5) is 20.0. The van der Waals surface area contributed by atoms with Crippen molar-refractivity contribution in [1.82, 2.24) is 0 Å². The molecule has 0 aromatic heterocycles. The molecule has 0 aromatic rings. The predicted molar refractivity (Wildman–Crippen MR) is 55.8 cm³/mol. The largest absolute Gasteiger partial charge is 0.367 e. The fraction of sp³-hybridized carbons (Fsp3) is 0.875. The van der Waals surface area contributed by atoms with Crippen LogP contribution in [-0.2, 0) is 18.8 Å². The summed E-state index contributed by atoms with van der Waals surface area (Å²) in [5, 5.41) is 0. The van der Waals surface area contributed by atoms with Crippen LogP contribution in [-0.4, -0.2) is 42.4 Å². The monoisotopic (exact) mass is 257 g/mol. The molecule has 0 saturated carbocycles. The van der Waals surface area contributed by atoms with Crippen molar-refractivity contribution in [3.8, 4) is 0 Å². The van der Waals surface area contributed by atoms with E-state index in [1.807, 2.05) is 0 Å². The van der Waals surface area contributed by atoms with Crippen LogP contribution in [0.15, 0.2) is 0 Å². The lowest BCUT2D eigenvalue weighted by Crippen LogP contribution is -2.30. The van der Waals surface area contributed by atoms with E-state index in [4.69, 9.17) is 9.47 Å². The molecule has 0 aliphatic rings. The van der Waals surface area contributed by atoms with Crippen LogP contribution in [0.4, 0.5) is 4.39 Å². The lowest BCUT2D eigenvalue weighted by Gasteiger charge is -2.22. The highest BCUT2D eigenvalue weighted by molar-refractivity contribution is 7.58. The van der Waals surface area contributed by atoms with Gasteiger partial charge in [-0.15, -0.1) is 0 Å². The maximum atomic E-state index is 12.9. The fourth-order valence-corrected chi connectivity index (χ4v) is 2.55. The van der Waals surface area contributed by atoms with Crippen molar-refractivity contribution in [3.63, 3.8) is 0 Å². The third kappa shape index (κ3) is 5.03. The maximum Gasteiger partial charge on any atom is 0.258 e. The van der Waals surface area contributed by atoms with E-state index in [1.165, 1.54) is 0 Å². The molecule has 0 rings (SSSR count). The van der Waals surface area contributed by atoms with Gasteiger partial charge in [-0.3, -0.25) is 9.36 Å². The Hall–Kier alpha value is -0.490. The normalized spacial score (nSPS) is 17.1. The molecule has 0 saturated heterocycles. The summed E-state index contributed by atoms with van der Waals surface area (Å²) < 4.78 is 34.4. The quantitative estimate of drug-likeness (QED) is 0.485. The molecular weight excluding hydrogens is 240 g/mol. The van der Waals surface area contributed by atoms with E-state index in [0.29, 0.717) is 0 Å². The topological polar surface area (TPSA) is 98.8 Å². The van der Waals surface area contributed by atoms with Crippen LogP contribution >= 0.6 is 7.37 Å². The SMILES string of the molecule is CCOC(OCC)P(=O)(O)CC(F)C(N)=O. The molecule has 0 bridgehead atoms. The van der Waals surface area contributed by atoms with Crippen molar-refractivity contribution in [3.05, 3.63) is 0 Å². The molecule has 0 aliphatic carbocycles. The molecule has 3 N–H and O–H groups in total. The lowest BCUT2D eigenvalue weighted by molar-refractivity contribution is -0.122. The van der Waals surface area contributed by atoms with E-state index in [1.54, 1.807) is 13.8 Å². The Morgan fingerprint density at radius 3 is 2.19 bits per heavy atom. The van der Waals surface area contributed by atoms with Gasteiger partial charge >= 0.3 is 0 Å². The molecule has 0 aliphatic heterocycles. The van der Waals surface area contributed by atoms with Gasteiger partial charge in [0.15, 0.2) is 6.17 Å². The van der Waals surface area contributed by atoms with Crippen molar-refractivity contribution < 1.29 is 28.1 Å². The van der Waals surface area contributed by atoms with Crippen molar-refractivity contribution in [2.45, 2.75) is 26.1 Å². The molecule has 2 unspecified atom stereocenters. The number of primary amides is 1. The van der Waals surface area contributed by atoms with Crippen LogP contribution < -0.4 is 5.73 Å². The Morgan fingerprint density at radius 1 is 1.44 bits per heavy atom. The summed E-state index contributed by atoms with van der Waals surface area (Å²) >= 11 is 0. The molecule has 1 amide bonds. The van der Waals surface area contributed by atoms with Gasteiger partial charge in [-0.05, 0) is 13.8 Å². The average molecular weight is 257 g/mol. The van der Waals surface area contributed by atoms with Crippen LogP contribution in [0, 0.1) is 0 Å². The fourth-order valence-electron chi connectivity index (χ4n) is 0.972. The van der Waals surface area contributed by atoms with E-state index in [2.05, 4.69) is 5.73 Å². The van der Waals surface area contributed by atoms with Crippen molar-refractivity contribution >= 4 is 13.3 Å². The highest BCUT2D eigenvalue weighted by Crippen LogP contribution is 2.48.